The molecule has 0 aliphatic carbocycles. The van der Waals surface area contributed by atoms with E-state index < -0.39 is 0 Å². The summed E-state index contributed by atoms with van der Waals surface area (Å²) in [5, 5.41) is 3.50. The van der Waals surface area contributed by atoms with Gasteiger partial charge >= 0.3 is 0 Å². The largest absolute Gasteiger partial charge is 0.316 e. The standard InChI is InChI=1S/C15H23Br2N3/c1-11(2)20(9-12-4-3-5-18-7-12)10-15-14(17)6-13(16)8-19-15/h6,8,11-12,18H,3-5,7,9-10H2,1-2H3. The van der Waals surface area contributed by atoms with Crippen LogP contribution >= 0.6 is 31.9 Å². The molecule has 1 aromatic rings. The number of halogens is 2. The first-order chi connectivity index (χ1) is 9.56. The van der Waals surface area contributed by atoms with Gasteiger partial charge in [0.25, 0.3) is 0 Å². The molecule has 0 spiro atoms. The van der Waals surface area contributed by atoms with Gasteiger partial charge in [-0.15, -0.1) is 0 Å². The maximum Gasteiger partial charge on any atom is 0.0686 e. The smallest absolute Gasteiger partial charge is 0.0686 e. The minimum absolute atomic E-state index is 0.536. The Balaban J connectivity index is 2.01. The first-order valence-corrected chi connectivity index (χ1v) is 8.89. The lowest BCUT2D eigenvalue weighted by Gasteiger charge is -2.32. The Morgan fingerprint density at radius 2 is 2.25 bits per heavy atom. The van der Waals surface area contributed by atoms with Crippen LogP contribution in [-0.4, -0.2) is 35.6 Å². The molecule has 3 nitrogen and oxygen atoms in total. The van der Waals surface area contributed by atoms with Gasteiger partial charge < -0.3 is 5.32 Å². The van der Waals surface area contributed by atoms with E-state index in [2.05, 4.69) is 67.0 Å². The van der Waals surface area contributed by atoms with Crippen molar-refractivity contribution in [1.29, 1.82) is 0 Å². The highest BCUT2D eigenvalue weighted by atomic mass is 79.9. The number of nitrogens with zero attached hydrogens (tertiary/aromatic N) is 2. The number of rotatable bonds is 5. The Morgan fingerprint density at radius 1 is 1.45 bits per heavy atom. The molecule has 112 valence electrons. The summed E-state index contributed by atoms with van der Waals surface area (Å²) in [5.41, 5.74) is 1.12. The van der Waals surface area contributed by atoms with Gasteiger partial charge in [-0.3, -0.25) is 9.88 Å². The van der Waals surface area contributed by atoms with Gasteiger partial charge in [-0.1, -0.05) is 0 Å². The third-order valence-corrected chi connectivity index (χ3v) is 4.98. The van der Waals surface area contributed by atoms with Gasteiger partial charge in [-0.05, 0) is 83.6 Å². The van der Waals surface area contributed by atoms with Crippen LogP contribution in [0.5, 0.6) is 0 Å². The molecule has 1 fully saturated rings. The summed E-state index contributed by atoms with van der Waals surface area (Å²) in [6.07, 6.45) is 4.52. The van der Waals surface area contributed by atoms with Gasteiger partial charge in [0, 0.05) is 34.3 Å². The second-order valence-electron chi connectivity index (χ2n) is 5.82. The first-order valence-electron chi connectivity index (χ1n) is 7.31. The normalized spacial score (nSPS) is 19.8. The van der Waals surface area contributed by atoms with Gasteiger partial charge in [0.2, 0.25) is 0 Å². The van der Waals surface area contributed by atoms with Gasteiger partial charge in [0.05, 0.1) is 5.69 Å². The molecule has 1 aliphatic heterocycles. The Hall–Kier alpha value is 0.0300. The summed E-state index contributed by atoms with van der Waals surface area (Å²) >= 11 is 7.08. The van der Waals surface area contributed by atoms with Gasteiger partial charge in [-0.2, -0.15) is 0 Å². The van der Waals surface area contributed by atoms with Crippen LogP contribution in [0.4, 0.5) is 0 Å². The highest BCUT2D eigenvalue weighted by Gasteiger charge is 2.20. The molecule has 0 saturated carbocycles. The molecule has 5 heteroatoms. The van der Waals surface area contributed by atoms with Crippen LogP contribution in [0.25, 0.3) is 0 Å². The first kappa shape index (κ1) is 16.4. The molecule has 1 N–H and O–H groups in total. The van der Waals surface area contributed by atoms with E-state index in [-0.39, 0.29) is 0 Å². The fourth-order valence-corrected chi connectivity index (χ4v) is 3.73. The average molecular weight is 405 g/mol. The molecule has 2 heterocycles. The fourth-order valence-electron chi connectivity index (χ4n) is 2.62. The second kappa shape index (κ2) is 7.87. The van der Waals surface area contributed by atoms with E-state index in [4.69, 9.17) is 0 Å². The van der Waals surface area contributed by atoms with E-state index in [0.29, 0.717) is 6.04 Å². The van der Waals surface area contributed by atoms with Crippen LogP contribution < -0.4 is 5.32 Å². The zero-order valence-corrected chi connectivity index (χ0v) is 15.4. The summed E-state index contributed by atoms with van der Waals surface area (Å²) in [7, 11) is 0. The summed E-state index contributed by atoms with van der Waals surface area (Å²) < 4.78 is 2.10. The minimum Gasteiger partial charge on any atom is -0.316 e. The summed E-state index contributed by atoms with van der Waals surface area (Å²) in [5.74, 6) is 0.764. The van der Waals surface area contributed by atoms with E-state index in [0.717, 1.165) is 40.2 Å². The molecule has 1 aliphatic rings. The van der Waals surface area contributed by atoms with Crippen LogP contribution in [0.15, 0.2) is 21.2 Å². The van der Waals surface area contributed by atoms with Crippen LogP contribution in [0, 0.1) is 5.92 Å². The van der Waals surface area contributed by atoms with Gasteiger partial charge in [0.15, 0.2) is 0 Å². The molecule has 1 atom stereocenters. The average Bonchev–Trinajstić information content (AvgIpc) is 2.42. The van der Waals surface area contributed by atoms with Crippen molar-refractivity contribution in [2.24, 2.45) is 5.92 Å². The van der Waals surface area contributed by atoms with Crippen molar-refractivity contribution in [1.82, 2.24) is 15.2 Å². The fraction of sp³-hybridized carbons (Fsp3) is 0.667. The van der Waals surface area contributed by atoms with Crippen molar-refractivity contribution in [2.45, 2.75) is 39.3 Å². The topological polar surface area (TPSA) is 28.2 Å². The predicted molar refractivity (Wildman–Crippen MR) is 90.8 cm³/mol. The number of hydrogen-bond acceptors (Lipinski definition) is 3. The molecule has 20 heavy (non-hydrogen) atoms. The lowest BCUT2D eigenvalue weighted by atomic mass is 9.98. The van der Waals surface area contributed by atoms with Crippen molar-refractivity contribution in [3.05, 3.63) is 26.9 Å². The summed E-state index contributed by atoms with van der Waals surface area (Å²) in [4.78, 5) is 7.07. The summed E-state index contributed by atoms with van der Waals surface area (Å²) in [6, 6.07) is 2.61. The molecule has 1 saturated heterocycles. The van der Waals surface area contributed by atoms with Crippen LogP contribution in [0.3, 0.4) is 0 Å². The van der Waals surface area contributed by atoms with E-state index >= 15 is 0 Å². The Bertz CT molecular complexity index is 431. The number of nitrogens with one attached hydrogen (secondary N) is 1. The van der Waals surface area contributed by atoms with Crippen molar-refractivity contribution in [3.63, 3.8) is 0 Å². The molecule has 0 aromatic carbocycles. The number of pyridine rings is 1. The molecular formula is C15H23Br2N3. The number of aromatic nitrogens is 1. The van der Waals surface area contributed by atoms with Crippen molar-refractivity contribution < 1.29 is 0 Å². The van der Waals surface area contributed by atoms with Crippen LogP contribution in [0.1, 0.15) is 32.4 Å². The molecule has 2 rings (SSSR count). The van der Waals surface area contributed by atoms with Gasteiger partial charge in [-0.25, -0.2) is 0 Å². The van der Waals surface area contributed by atoms with Crippen molar-refractivity contribution in [2.75, 3.05) is 19.6 Å². The van der Waals surface area contributed by atoms with Gasteiger partial charge in [0.1, 0.15) is 0 Å². The molecular weight excluding hydrogens is 382 g/mol. The molecule has 0 bridgehead atoms. The molecule has 1 unspecified atom stereocenters. The highest BCUT2D eigenvalue weighted by Crippen LogP contribution is 2.22. The Kier molecular flexibility index (Phi) is 6.46. The van der Waals surface area contributed by atoms with E-state index in [1.54, 1.807) is 0 Å². The van der Waals surface area contributed by atoms with Crippen LogP contribution in [0.2, 0.25) is 0 Å². The quantitative estimate of drug-likeness (QED) is 0.808. The van der Waals surface area contributed by atoms with Crippen molar-refractivity contribution in [3.8, 4) is 0 Å². The summed E-state index contributed by atoms with van der Waals surface area (Å²) in [6.45, 7) is 8.92. The molecule has 0 radical (unpaired) electrons. The second-order valence-corrected chi connectivity index (χ2v) is 7.59. The zero-order valence-electron chi connectivity index (χ0n) is 12.2. The lowest BCUT2D eigenvalue weighted by Crippen LogP contribution is -2.41. The van der Waals surface area contributed by atoms with E-state index in [9.17, 15) is 0 Å². The third kappa shape index (κ3) is 4.79. The lowest BCUT2D eigenvalue weighted by molar-refractivity contribution is 0.162. The van der Waals surface area contributed by atoms with E-state index in [1.165, 1.54) is 19.4 Å². The maximum atomic E-state index is 4.54. The Labute approximate surface area is 138 Å². The number of piperidine rings is 1. The molecule has 0 amide bonds. The SMILES string of the molecule is CC(C)N(Cc1ncc(Br)cc1Br)CC1CCCNC1. The van der Waals surface area contributed by atoms with Crippen LogP contribution in [-0.2, 0) is 6.54 Å². The maximum absolute atomic E-state index is 4.54. The Morgan fingerprint density at radius 3 is 2.85 bits per heavy atom. The van der Waals surface area contributed by atoms with Crippen molar-refractivity contribution >= 4 is 31.9 Å². The third-order valence-electron chi connectivity index (χ3n) is 3.86. The monoisotopic (exact) mass is 403 g/mol. The minimum atomic E-state index is 0.536. The number of hydrogen-bond donors (Lipinski definition) is 1. The molecule has 1 aromatic heterocycles. The zero-order chi connectivity index (χ0) is 14.5. The highest BCUT2D eigenvalue weighted by molar-refractivity contribution is 9.11. The predicted octanol–water partition coefficient (Wildman–Crippen LogP) is 3.82. The van der Waals surface area contributed by atoms with E-state index in [1.807, 2.05) is 6.20 Å².